The molecule has 4 saturated heterocycles. The standard InChI is InChI=1S/C57H88O26/c1-9-23(2)47(74)83-45-44(71)57(22-60)25(16-52(45,3)4)24-10-11-30-53(5)14-13-32(54(6,21-59)29(53)12-15-55(30,7)56(24,8)17-31(57)63)78-51-43(82-49-38(69)36(67)35(66)28(18-58)77-49)40(39(70)41(80-51)46(72)73)79-50-42(34(65)27(62)20-76-50)81-48-37(68)33(64)26(61)19-75-48/h9-10,21,25-45,48-51,58,60-71H,11-20,22H2,1-8H3,(H,72,73)/b23-9-/t25-,26?,27-,28+,29+,30+,31+,32-,33?,34-,35-,36-,37?,38+,39-,40-,41-,42+,43+,44-,45-,48?,49-,50-,51+,53-,54-,55+,56+,57-/m0/s1. The Balaban J connectivity index is 1.04. The van der Waals surface area contributed by atoms with Crippen molar-refractivity contribution in [2.24, 2.45) is 50.2 Å². The SMILES string of the molecule is C/C=C(/C)C(=O)O[C@H]1[C@H](O)[C@]2(CO)[C@H](O)C[C@]3(C)C(=CC[C@@H]4[C@@]5(C)CC[C@H](O[C@@H]6O[C@H](C(=O)O)[C@@H](O)[C@H](O[C@@H]7OC[C@H](O)[C@H](O)[C@H]7OC7OCC(O)C(O)C7O)[C@H]6O[C@@H]6O[C@H](CO)[C@H](O)[C@H](O)[C@H]6O)[C@@](C)(C=O)[C@@H]5CC[C@]43C)[C@@H]2CC1(C)C. The largest absolute Gasteiger partial charge is 0.479 e. The lowest BCUT2D eigenvalue weighted by atomic mass is 9.33. The number of allylic oxidation sites excluding steroid dienone is 3. The summed E-state index contributed by atoms with van der Waals surface area (Å²) in [7, 11) is 0. The third-order valence-electron chi connectivity index (χ3n) is 21.9. The predicted molar refractivity (Wildman–Crippen MR) is 279 cm³/mol. The normalized spacial score (nSPS) is 52.6. The highest BCUT2D eigenvalue weighted by atomic mass is 16.8. The van der Waals surface area contributed by atoms with E-state index in [1.807, 2.05) is 13.8 Å². The summed E-state index contributed by atoms with van der Waals surface area (Å²) < 4.78 is 54.1. The lowest BCUT2D eigenvalue weighted by Gasteiger charge is -2.72. The zero-order valence-corrected chi connectivity index (χ0v) is 48.1. The monoisotopic (exact) mass is 1190 g/mol. The number of fused-ring (bicyclic) bond motifs is 7. The minimum absolute atomic E-state index is 0.128. The van der Waals surface area contributed by atoms with Crippen molar-refractivity contribution in [2.75, 3.05) is 26.4 Å². The number of carbonyl (C=O) groups excluding carboxylic acids is 2. The van der Waals surface area contributed by atoms with E-state index in [9.17, 15) is 85.9 Å². The molecule has 8 fully saturated rings. The van der Waals surface area contributed by atoms with Crippen LogP contribution in [0.2, 0.25) is 0 Å². The van der Waals surface area contributed by atoms with E-state index < -0.39 is 218 Å². The molecule has 0 bridgehead atoms. The summed E-state index contributed by atoms with van der Waals surface area (Å²) in [6.07, 6.45) is -32.2. The molecule has 26 nitrogen and oxygen atoms in total. The second kappa shape index (κ2) is 23.6. The molecule has 5 aliphatic carbocycles. The van der Waals surface area contributed by atoms with Gasteiger partial charge in [-0.15, -0.1) is 0 Å². The average Bonchev–Trinajstić information content (AvgIpc) is 0.730. The maximum absolute atomic E-state index is 14.1. The Hall–Kier alpha value is -2.75. The van der Waals surface area contributed by atoms with Crippen LogP contribution < -0.4 is 0 Å². The Kier molecular flexibility index (Phi) is 18.4. The first-order valence-electron chi connectivity index (χ1n) is 29.0. The molecule has 9 rings (SSSR count). The Morgan fingerprint density at radius 1 is 0.687 bits per heavy atom. The van der Waals surface area contributed by atoms with E-state index in [0.717, 1.165) is 11.9 Å². The highest BCUT2D eigenvalue weighted by molar-refractivity contribution is 5.87. The minimum Gasteiger partial charge on any atom is -0.479 e. The number of carbonyl (C=O) groups is 3. The van der Waals surface area contributed by atoms with Gasteiger partial charge in [-0.05, 0) is 92.8 Å². The predicted octanol–water partition coefficient (Wildman–Crippen LogP) is -2.58. The molecule has 4 heterocycles. The number of hydrogen-bond donors (Lipinski definition) is 14. The van der Waals surface area contributed by atoms with Crippen LogP contribution in [0.15, 0.2) is 23.3 Å². The van der Waals surface area contributed by atoms with Gasteiger partial charge in [0.25, 0.3) is 0 Å². The third kappa shape index (κ3) is 10.4. The van der Waals surface area contributed by atoms with Crippen molar-refractivity contribution < 1.29 is 129 Å². The van der Waals surface area contributed by atoms with E-state index in [1.54, 1.807) is 26.8 Å². The van der Waals surface area contributed by atoms with Crippen LogP contribution in [0.5, 0.6) is 0 Å². The second-order valence-electron chi connectivity index (χ2n) is 26.7. The molecule has 30 atom stereocenters. The van der Waals surface area contributed by atoms with Crippen LogP contribution in [0.3, 0.4) is 0 Å². The molecule has 83 heavy (non-hydrogen) atoms. The molecular weight excluding hydrogens is 1100 g/mol. The number of carboxylic acid groups (broad SMARTS) is 1. The van der Waals surface area contributed by atoms with Gasteiger partial charge in [-0.2, -0.15) is 0 Å². The van der Waals surface area contributed by atoms with Gasteiger partial charge in [0.1, 0.15) is 97.8 Å². The highest BCUT2D eigenvalue weighted by Crippen LogP contribution is 2.76. The number of aliphatic hydroxyl groups excluding tert-OH is 13. The number of aliphatic carboxylic acids is 1. The molecule has 0 aromatic rings. The van der Waals surface area contributed by atoms with Crippen LogP contribution in [-0.4, -0.2) is 251 Å². The van der Waals surface area contributed by atoms with Crippen molar-refractivity contribution in [3.8, 4) is 0 Å². The molecule has 0 aromatic carbocycles. The first-order valence-corrected chi connectivity index (χ1v) is 29.0. The van der Waals surface area contributed by atoms with Gasteiger partial charge in [-0.3, -0.25) is 0 Å². The van der Waals surface area contributed by atoms with Crippen LogP contribution >= 0.6 is 0 Å². The molecule has 472 valence electrons. The van der Waals surface area contributed by atoms with Crippen molar-refractivity contribution in [3.63, 3.8) is 0 Å². The van der Waals surface area contributed by atoms with Crippen LogP contribution in [0, 0.1) is 50.2 Å². The van der Waals surface area contributed by atoms with Crippen LogP contribution in [-0.2, 0) is 57.0 Å². The van der Waals surface area contributed by atoms with Crippen LogP contribution in [0.1, 0.15) is 100 Å². The first kappa shape index (κ1) is 64.7. The van der Waals surface area contributed by atoms with Crippen molar-refractivity contribution in [1.29, 1.82) is 0 Å². The van der Waals surface area contributed by atoms with Gasteiger partial charge in [-0.1, -0.05) is 59.3 Å². The van der Waals surface area contributed by atoms with E-state index >= 15 is 0 Å². The van der Waals surface area contributed by atoms with E-state index in [4.69, 9.17) is 42.6 Å². The average molecular weight is 1190 g/mol. The van der Waals surface area contributed by atoms with Gasteiger partial charge in [0.2, 0.25) is 0 Å². The van der Waals surface area contributed by atoms with E-state index in [1.165, 1.54) is 0 Å². The summed E-state index contributed by atoms with van der Waals surface area (Å²) in [4.78, 5) is 40.4. The third-order valence-corrected chi connectivity index (χ3v) is 21.9. The van der Waals surface area contributed by atoms with Crippen molar-refractivity contribution in [3.05, 3.63) is 23.3 Å². The van der Waals surface area contributed by atoms with E-state index in [-0.39, 0.29) is 18.8 Å². The molecule has 0 amide bonds. The molecule has 0 aromatic heterocycles. The molecule has 0 spiro atoms. The van der Waals surface area contributed by atoms with Gasteiger partial charge in [0.05, 0.1) is 49.5 Å². The molecule has 4 aliphatic heterocycles. The molecule has 4 saturated carbocycles. The number of rotatable bonds is 14. The van der Waals surface area contributed by atoms with Gasteiger partial charge >= 0.3 is 11.9 Å². The Labute approximate surface area is 480 Å². The zero-order chi connectivity index (χ0) is 61.0. The lowest BCUT2D eigenvalue weighted by molar-refractivity contribution is -0.398. The van der Waals surface area contributed by atoms with Gasteiger partial charge in [0, 0.05) is 11.0 Å². The lowest BCUT2D eigenvalue weighted by Crippen LogP contribution is -2.72. The summed E-state index contributed by atoms with van der Waals surface area (Å²) in [5, 5.41) is 155. The first-order chi connectivity index (χ1) is 38.9. The number of aliphatic hydroxyl groups is 13. The van der Waals surface area contributed by atoms with Gasteiger partial charge in [-0.25, -0.2) is 9.59 Å². The van der Waals surface area contributed by atoms with Crippen LogP contribution in [0.25, 0.3) is 0 Å². The quantitative estimate of drug-likeness (QED) is 0.0279. The Morgan fingerprint density at radius 2 is 1.31 bits per heavy atom. The Morgan fingerprint density at radius 3 is 1.94 bits per heavy atom. The van der Waals surface area contributed by atoms with Crippen molar-refractivity contribution in [2.45, 2.75) is 235 Å². The molecule has 26 heteroatoms. The van der Waals surface area contributed by atoms with E-state index in [2.05, 4.69) is 26.8 Å². The zero-order valence-electron chi connectivity index (χ0n) is 48.1. The van der Waals surface area contributed by atoms with Crippen molar-refractivity contribution >= 4 is 18.2 Å². The summed E-state index contributed by atoms with van der Waals surface area (Å²) in [5.41, 5.74) is -4.21. The fraction of sp³-hybridized carbons (Fsp3) is 0.877. The smallest absolute Gasteiger partial charge is 0.335 e. The summed E-state index contributed by atoms with van der Waals surface area (Å²) in [5.74, 6) is -3.45. The maximum Gasteiger partial charge on any atom is 0.335 e. The van der Waals surface area contributed by atoms with Crippen molar-refractivity contribution in [1.82, 2.24) is 0 Å². The minimum atomic E-state index is -2.27. The molecular formula is C57H88O26. The fourth-order valence-corrected chi connectivity index (χ4v) is 16.7. The number of hydrogen-bond acceptors (Lipinski definition) is 25. The number of ether oxygens (including phenoxy) is 9. The number of esters is 1. The molecule has 0 radical (unpaired) electrons. The fourth-order valence-electron chi connectivity index (χ4n) is 16.7. The Bertz CT molecular complexity index is 2420. The van der Waals surface area contributed by atoms with Crippen LogP contribution in [0.4, 0.5) is 0 Å². The summed E-state index contributed by atoms with van der Waals surface area (Å²) >= 11 is 0. The molecule has 4 unspecified atom stereocenters. The van der Waals surface area contributed by atoms with Gasteiger partial charge < -0.3 is 119 Å². The summed E-state index contributed by atoms with van der Waals surface area (Å²) in [6, 6.07) is 0. The van der Waals surface area contributed by atoms with Gasteiger partial charge in [0.15, 0.2) is 31.3 Å². The number of aldehydes is 1. The second-order valence-corrected chi connectivity index (χ2v) is 26.7. The number of carboxylic acids is 1. The summed E-state index contributed by atoms with van der Waals surface area (Å²) in [6.45, 7) is 12.7. The molecule has 14 N–H and O–H groups in total. The maximum atomic E-state index is 14.1. The highest BCUT2D eigenvalue weighted by Gasteiger charge is 2.73. The molecule has 9 aliphatic rings. The topological polar surface area (TPSA) is 418 Å². The van der Waals surface area contributed by atoms with E-state index in [0.29, 0.717) is 37.7 Å².